The van der Waals surface area contributed by atoms with E-state index in [4.69, 9.17) is 0 Å². The van der Waals surface area contributed by atoms with Crippen LogP contribution in [0, 0.1) is 12.7 Å². The van der Waals surface area contributed by atoms with Crippen molar-refractivity contribution in [2.24, 2.45) is 7.05 Å². The van der Waals surface area contributed by atoms with Gasteiger partial charge in [0, 0.05) is 24.2 Å². The van der Waals surface area contributed by atoms with Crippen molar-refractivity contribution < 1.29 is 4.39 Å². The molecular formula is C16H22FN3S. The third-order valence-corrected chi connectivity index (χ3v) is 4.39. The molecule has 0 radical (unpaired) electrons. The molecule has 0 spiro atoms. The van der Waals surface area contributed by atoms with Gasteiger partial charge in [-0.05, 0) is 50.1 Å². The molecule has 1 unspecified atom stereocenters. The summed E-state index contributed by atoms with van der Waals surface area (Å²) in [5.41, 5.74) is 1.67. The van der Waals surface area contributed by atoms with Crippen molar-refractivity contribution in [2.45, 2.75) is 43.0 Å². The molecule has 2 aromatic rings. The molecule has 1 aromatic carbocycles. The zero-order chi connectivity index (χ0) is 15.4. The minimum atomic E-state index is -0.148. The number of nitrogens with zero attached hydrogens (tertiary/aromatic N) is 2. The van der Waals surface area contributed by atoms with E-state index in [2.05, 4.69) is 24.3 Å². The van der Waals surface area contributed by atoms with Gasteiger partial charge in [-0.3, -0.25) is 4.68 Å². The van der Waals surface area contributed by atoms with Crippen LogP contribution < -0.4 is 5.32 Å². The molecule has 0 saturated heterocycles. The number of hydrogen-bond donors (Lipinski definition) is 1. The van der Waals surface area contributed by atoms with E-state index in [1.807, 2.05) is 25.5 Å². The third-order valence-electron chi connectivity index (χ3n) is 3.37. The molecule has 114 valence electrons. The van der Waals surface area contributed by atoms with Gasteiger partial charge in [0.15, 0.2) is 0 Å². The van der Waals surface area contributed by atoms with E-state index in [1.54, 1.807) is 29.4 Å². The molecular weight excluding hydrogens is 285 g/mol. The molecule has 0 aliphatic carbocycles. The molecule has 1 N–H and O–H groups in total. The van der Waals surface area contributed by atoms with E-state index in [9.17, 15) is 4.39 Å². The summed E-state index contributed by atoms with van der Waals surface area (Å²) in [4.78, 5) is 2.14. The van der Waals surface area contributed by atoms with Crippen LogP contribution in [0.5, 0.6) is 0 Å². The number of aromatic nitrogens is 2. The Morgan fingerprint density at radius 3 is 2.81 bits per heavy atom. The van der Waals surface area contributed by atoms with Gasteiger partial charge in [-0.15, -0.1) is 0 Å². The van der Waals surface area contributed by atoms with Crippen LogP contribution in [0.25, 0.3) is 0 Å². The number of nitrogens with one attached hydrogen (secondary N) is 1. The molecule has 5 heteroatoms. The van der Waals surface area contributed by atoms with Crippen molar-refractivity contribution in [2.75, 3.05) is 6.54 Å². The fourth-order valence-corrected chi connectivity index (χ4v) is 3.29. The highest BCUT2D eigenvalue weighted by Crippen LogP contribution is 2.34. The van der Waals surface area contributed by atoms with Gasteiger partial charge < -0.3 is 5.32 Å². The topological polar surface area (TPSA) is 29.9 Å². The van der Waals surface area contributed by atoms with Gasteiger partial charge >= 0.3 is 0 Å². The maximum absolute atomic E-state index is 13.9. The molecule has 0 bridgehead atoms. The Morgan fingerprint density at radius 1 is 1.43 bits per heavy atom. The first-order valence-corrected chi connectivity index (χ1v) is 8.02. The fourth-order valence-electron chi connectivity index (χ4n) is 2.15. The average molecular weight is 307 g/mol. The summed E-state index contributed by atoms with van der Waals surface area (Å²) in [5.74, 6) is -0.148. The van der Waals surface area contributed by atoms with Crippen molar-refractivity contribution >= 4 is 11.8 Å². The molecule has 0 aliphatic rings. The number of aryl methyl sites for hydroxylation is 2. The smallest absolute Gasteiger partial charge is 0.126 e. The van der Waals surface area contributed by atoms with Crippen LogP contribution in [-0.2, 0) is 7.05 Å². The molecule has 1 aromatic heterocycles. The lowest BCUT2D eigenvalue weighted by atomic mass is 10.1. The summed E-state index contributed by atoms with van der Waals surface area (Å²) < 4.78 is 15.7. The molecule has 0 aliphatic heterocycles. The SMILES string of the molecule is CCCNC(C)c1cc(F)c(C)cc1Sc1cnn(C)c1. The van der Waals surface area contributed by atoms with Crippen LogP contribution in [0.2, 0.25) is 0 Å². The predicted octanol–water partition coefficient (Wildman–Crippen LogP) is 4.08. The highest BCUT2D eigenvalue weighted by molar-refractivity contribution is 7.99. The number of benzene rings is 1. The zero-order valence-corrected chi connectivity index (χ0v) is 13.8. The van der Waals surface area contributed by atoms with Gasteiger partial charge in [-0.25, -0.2) is 4.39 Å². The van der Waals surface area contributed by atoms with E-state index < -0.39 is 0 Å². The molecule has 1 heterocycles. The molecule has 3 nitrogen and oxygen atoms in total. The maximum Gasteiger partial charge on any atom is 0.126 e. The highest BCUT2D eigenvalue weighted by atomic mass is 32.2. The summed E-state index contributed by atoms with van der Waals surface area (Å²) in [6, 6.07) is 3.70. The van der Waals surface area contributed by atoms with Gasteiger partial charge in [0.05, 0.1) is 11.1 Å². The standard InChI is InChI=1S/C16H22FN3S/c1-5-6-18-12(3)14-8-15(17)11(2)7-16(14)21-13-9-19-20(4)10-13/h7-10,12,18H,5-6H2,1-4H3. The van der Waals surface area contributed by atoms with Crippen LogP contribution in [0.15, 0.2) is 34.3 Å². The summed E-state index contributed by atoms with van der Waals surface area (Å²) >= 11 is 1.63. The van der Waals surface area contributed by atoms with Gasteiger partial charge in [0.25, 0.3) is 0 Å². The Labute approximate surface area is 129 Å². The summed E-state index contributed by atoms with van der Waals surface area (Å²) in [5, 5.41) is 7.61. The minimum absolute atomic E-state index is 0.124. The quantitative estimate of drug-likeness (QED) is 0.872. The number of rotatable bonds is 6. The van der Waals surface area contributed by atoms with Gasteiger partial charge in [0.2, 0.25) is 0 Å². The first-order valence-electron chi connectivity index (χ1n) is 7.21. The van der Waals surface area contributed by atoms with E-state index in [-0.39, 0.29) is 11.9 Å². The molecule has 1 atom stereocenters. The highest BCUT2D eigenvalue weighted by Gasteiger charge is 2.15. The molecule has 0 amide bonds. The van der Waals surface area contributed by atoms with Crippen molar-refractivity contribution in [3.8, 4) is 0 Å². The minimum Gasteiger partial charge on any atom is -0.310 e. The van der Waals surface area contributed by atoms with Crippen molar-refractivity contribution in [3.05, 3.63) is 41.5 Å². The van der Waals surface area contributed by atoms with Crippen molar-refractivity contribution in [1.29, 1.82) is 0 Å². The fraction of sp³-hybridized carbons (Fsp3) is 0.438. The first kappa shape index (κ1) is 16.0. The van der Waals surface area contributed by atoms with E-state index in [0.29, 0.717) is 5.56 Å². The first-order chi connectivity index (χ1) is 10.0. The lowest BCUT2D eigenvalue weighted by Crippen LogP contribution is -2.20. The third kappa shape index (κ3) is 4.08. The summed E-state index contributed by atoms with van der Waals surface area (Å²) in [7, 11) is 1.90. The van der Waals surface area contributed by atoms with Gasteiger partial charge in [-0.2, -0.15) is 5.10 Å². The normalized spacial score (nSPS) is 12.6. The lowest BCUT2D eigenvalue weighted by Gasteiger charge is -2.18. The molecule has 21 heavy (non-hydrogen) atoms. The maximum atomic E-state index is 13.9. The Hall–Kier alpha value is -1.33. The van der Waals surface area contributed by atoms with Crippen LogP contribution in [-0.4, -0.2) is 16.3 Å². The van der Waals surface area contributed by atoms with Gasteiger partial charge in [0.1, 0.15) is 5.82 Å². The molecule has 2 rings (SSSR count). The largest absolute Gasteiger partial charge is 0.310 e. The van der Waals surface area contributed by atoms with Crippen LogP contribution >= 0.6 is 11.8 Å². The number of halogens is 1. The van der Waals surface area contributed by atoms with Crippen molar-refractivity contribution in [1.82, 2.24) is 15.1 Å². The molecule has 0 saturated carbocycles. The second-order valence-corrected chi connectivity index (χ2v) is 6.38. The summed E-state index contributed by atoms with van der Waals surface area (Å²) in [6.45, 7) is 6.93. The second kappa shape index (κ2) is 7.09. The Morgan fingerprint density at radius 2 is 2.19 bits per heavy atom. The van der Waals surface area contributed by atoms with E-state index >= 15 is 0 Å². The second-order valence-electron chi connectivity index (χ2n) is 5.27. The van der Waals surface area contributed by atoms with Crippen LogP contribution in [0.4, 0.5) is 4.39 Å². The van der Waals surface area contributed by atoms with E-state index in [1.165, 1.54) is 0 Å². The van der Waals surface area contributed by atoms with E-state index in [0.717, 1.165) is 28.3 Å². The van der Waals surface area contributed by atoms with Crippen LogP contribution in [0.1, 0.15) is 37.4 Å². The zero-order valence-electron chi connectivity index (χ0n) is 13.0. The Bertz CT molecular complexity index is 610. The van der Waals surface area contributed by atoms with Crippen molar-refractivity contribution in [3.63, 3.8) is 0 Å². The summed E-state index contributed by atoms with van der Waals surface area (Å²) in [6.07, 6.45) is 4.86. The average Bonchev–Trinajstić information content (AvgIpc) is 2.85. The number of hydrogen-bond acceptors (Lipinski definition) is 3. The Balaban J connectivity index is 2.31. The monoisotopic (exact) mass is 307 g/mol. The van der Waals surface area contributed by atoms with Crippen LogP contribution in [0.3, 0.4) is 0 Å². The van der Waals surface area contributed by atoms with Gasteiger partial charge in [-0.1, -0.05) is 18.7 Å². The lowest BCUT2D eigenvalue weighted by molar-refractivity contribution is 0.552. The molecule has 0 fully saturated rings. The Kier molecular flexibility index (Phi) is 5.42. The predicted molar refractivity (Wildman–Crippen MR) is 85.2 cm³/mol.